The van der Waals surface area contributed by atoms with Crippen LogP contribution in [-0.2, 0) is 0 Å². The predicted molar refractivity (Wildman–Crippen MR) is 141 cm³/mol. The van der Waals surface area contributed by atoms with Crippen molar-refractivity contribution >= 4 is 10.9 Å². The molecule has 1 atom stereocenters. The first kappa shape index (κ1) is 23.8. The summed E-state index contributed by atoms with van der Waals surface area (Å²) in [4.78, 5) is 21.9. The molecule has 3 fully saturated rings. The topological polar surface area (TPSA) is 82.9 Å². The molecule has 0 amide bonds. The summed E-state index contributed by atoms with van der Waals surface area (Å²) in [5.74, 6) is 0.821. The Morgan fingerprint density at radius 3 is 2.28 bits per heavy atom. The van der Waals surface area contributed by atoms with Gasteiger partial charge in [0, 0.05) is 43.3 Å². The van der Waals surface area contributed by atoms with Gasteiger partial charge in [0.1, 0.15) is 6.04 Å². The minimum atomic E-state index is -0.246. The quantitative estimate of drug-likeness (QED) is 0.576. The molecule has 6 rings (SSSR count). The fourth-order valence-electron chi connectivity index (χ4n) is 6.79. The highest BCUT2D eigenvalue weighted by molar-refractivity contribution is 5.81. The smallest absolute Gasteiger partial charge is 0.253 e. The zero-order chi connectivity index (χ0) is 24.6. The van der Waals surface area contributed by atoms with Gasteiger partial charge in [0.25, 0.3) is 5.56 Å². The molecular weight excluding hydrogens is 450 g/mol. The number of benzene rings is 1. The fourth-order valence-corrected chi connectivity index (χ4v) is 6.79. The molecule has 1 saturated heterocycles. The maximum absolute atomic E-state index is 13.6. The number of aryl methyl sites for hydroxylation is 2. The molecule has 3 heterocycles. The first-order valence-corrected chi connectivity index (χ1v) is 14.0. The van der Waals surface area contributed by atoms with Gasteiger partial charge in [-0.3, -0.25) is 14.6 Å². The molecule has 8 heteroatoms. The van der Waals surface area contributed by atoms with Gasteiger partial charge in [0.05, 0.1) is 6.04 Å². The third-order valence-corrected chi connectivity index (χ3v) is 9.02. The molecular formula is C28H39N7O. The molecule has 1 aliphatic heterocycles. The minimum absolute atomic E-state index is 0.0357. The van der Waals surface area contributed by atoms with Gasteiger partial charge in [-0.25, -0.2) is 4.68 Å². The highest BCUT2D eigenvalue weighted by Gasteiger charge is 2.36. The largest absolute Gasteiger partial charge is 0.322 e. The molecule has 1 N–H and O–H groups in total. The first-order chi connectivity index (χ1) is 17.6. The Balaban J connectivity index is 1.38. The average molecular weight is 490 g/mol. The molecule has 192 valence electrons. The van der Waals surface area contributed by atoms with E-state index in [1.807, 2.05) is 4.68 Å². The lowest BCUT2D eigenvalue weighted by molar-refractivity contribution is 0.0613. The standard InChI is InChI=1S/C28H39N7O/c1-19-16-21-18-24(28(36)29-25(21)17-20(19)2)26(27-30-31-32-35(27)23-10-6-7-11-23)34-14-12-33(13-15-34)22-8-4-3-5-9-22/h16-18,22-23,26H,3-15H2,1-2H3,(H,29,36)/t26-/m1/s1. The molecule has 8 nitrogen and oxygen atoms in total. The number of nitrogens with one attached hydrogen (secondary N) is 1. The molecule has 0 bridgehead atoms. The van der Waals surface area contributed by atoms with Crippen molar-refractivity contribution in [3.63, 3.8) is 0 Å². The average Bonchev–Trinajstić information content (AvgIpc) is 3.59. The summed E-state index contributed by atoms with van der Waals surface area (Å²) in [6, 6.07) is 7.15. The van der Waals surface area contributed by atoms with Crippen molar-refractivity contribution in [3.05, 3.63) is 51.1 Å². The molecule has 0 unspecified atom stereocenters. The summed E-state index contributed by atoms with van der Waals surface area (Å²) in [6.07, 6.45) is 11.4. The highest BCUT2D eigenvalue weighted by Crippen LogP contribution is 2.35. The van der Waals surface area contributed by atoms with E-state index in [0.717, 1.165) is 67.4 Å². The molecule has 2 saturated carbocycles. The van der Waals surface area contributed by atoms with Crippen LogP contribution >= 0.6 is 0 Å². The van der Waals surface area contributed by atoms with Gasteiger partial charge in [0.15, 0.2) is 5.82 Å². The van der Waals surface area contributed by atoms with E-state index in [1.165, 1.54) is 56.1 Å². The van der Waals surface area contributed by atoms with Crippen molar-refractivity contribution in [1.82, 2.24) is 35.0 Å². The molecule has 3 aliphatic rings. The Bertz CT molecular complexity index is 1260. The molecule has 0 radical (unpaired) electrons. The summed E-state index contributed by atoms with van der Waals surface area (Å²) in [5, 5.41) is 14.2. The Kier molecular flexibility index (Phi) is 6.65. The van der Waals surface area contributed by atoms with Gasteiger partial charge < -0.3 is 4.98 Å². The second-order valence-corrected chi connectivity index (χ2v) is 11.3. The monoisotopic (exact) mass is 489 g/mol. The van der Waals surface area contributed by atoms with Crippen molar-refractivity contribution in [3.8, 4) is 0 Å². The number of hydrogen-bond acceptors (Lipinski definition) is 6. The summed E-state index contributed by atoms with van der Waals surface area (Å²) in [6.45, 7) is 8.13. The summed E-state index contributed by atoms with van der Waals surface area (Å²) >= 11 is 0. The lowest BCUT2D eigenvalue weighted by atomic mass is 9.93. The number of aromatic amines is 1. The highest BCUT2D eigenvalue weighted by atomic mass is 16.1. The van der Waals surface area contributed by atoms with Gasteiger partial charge in [-0.2, -0.15) is 0 Å². The van der Waals surface area contributed by atoms with Crippen LogP contribution in [0.25, 0.3) is 10.9 Å². The summed E-state index contributed by atoms with van der Waals surface area (Å²) < 4.78 is 2.04. The van der Waals surface area contributed by atoms with E-state index in [4.69, 9.17) is 0 Å². The molecule has 2 aliphatic carbocycles. The van der Waals surface area contributed by atoms with Crippen LogP contribution in [-0.4, -0.2) is 67.2 Å². The van der Waals surface area contributed by atoms with Crippen LogP contribution in [0.15, 0.2) is 23.0 Å². The number of rotatable bonds is 5. The SMILES string of the molecule is Cc1cc2cc([C@H](c3nnnn3C3CCCC3)N3CCN(C4CCCCC4)CC3)c(=O)[nH]c2cc1C. The van der Waals surface area contributed by atoms with E-state index in [-0.39, 0.29) is 11.6 Å². The van der Waals surface area contributed by atoms with Gasteiger partial charge in [0.2, 0.25) is 0 Å². The van der Waals surface area contributed by atoms with Crippen molar-refractivity contribution in [1.29, 1.82) is 0 Å². The molecule has 36 heavy (non-hydrogen) atoms. The molecule has 3 aromatic rings. The van der Waals surface area contributed by atoms with E-state index < -0.39 is 0 Å². The van der Waals surface area contributed by atoms with Gasteiger partial charge in [-0.1, -0.05) is 32.1 Å². The van der Waals surface area contributed by atoms with Crippen LogP contribution in [0.4, 0.5) is 0 Å². The zero-order valence-electron chi connectivity index (χ0n) is 21.7. The first-order valence-electron chi connectivity index (χ1n) is 14.0. The number of tetrazole rings is 1. The fraction of sp³-hybridized carbons (Fsp3) is 0.643. The normalized spacial score (nSPS) is 21.9. The van der Waals surface area contributed by atoms with Gasteiger partial charge in [-0.15, -0.1) is 5.10 Å². The maximum Gasteiger partial charge on any atom is 0.253 e. The van der Waals surface area contributed by atoms with Crippen molar-refractivity contribution in [2.24, 2.45) is 0 Å². The van der Waals surface area contributed by atoms with Crippen LogP contribution in [0.5, 0.6) is 0 Å². The third-order valence-electron chi connectivity index (χ3n) is 9.02. The van der Waals surface area contributed by atoms with Crippen LogP contribution in [0.3, 0.4) is 0 Å². The number of hydrogen-bond donors (Lipinski definition) is 1. The molecule has 2 aromatic heterocycles. The second kappa shape index (κ2) is 10.1. The maximum atomic E-state index is 13.6. The lowest BCUT2D eigenvalue weighted by Crippen LogP contribution is -2.52. The minimum Gasteiger partial charge on any atom is -0.322 e. The Morgan fingerprint density at radius 2 is 1.53 bits per heavy atom. The predicted octanol–water partition coefficient (Wildman–Crippen LogP) is 4.29. The zero-order valence-corrected chi connectivity index (χ0v) is 21.7. The van der Waals surface area contributed by atoms with Crippen molar-refractivity contribution in [2.75, 3.05) is 26.2 Å². The summed E-state index contributed by atoms with van der Waals surface area (Å²) in [5.41, 5.74) is 4.03. The van der Waals surface area contributed by atoms with E-state index in [0.29, 0.717) is 6.04 Å². The molecule has 0 spiro atoms. The number of nitrogens with zero attached hydrogens (tertiary/aromatic N) is 6. The van der Waals surface area contributed by atoms with Crippen LogP contribution < -0.4 is 5.56 Å². The van der Waals surface area contributed by atoms with Crippen LogP contribution in [0, 0.1) is 13.8 Å². The number of aromatic nitrogens is 5. The van der Waals surface area contributed by atoms with Crippen LogP contribution in [0.1, 0.15) is 92.4 Å². The number of pyridine rings is 1. The number of fused-ring (bicyclic) bond motifs is 1. The van der Waals surface area contributed by atoms with E-state index in [9.17, 15) is 4.79 Å². The van der Waals surface area contributed by atoms with Gasteiger partial charge in [-0.05, 0) is 84.7 Å². The van der Waals surface area contributed by atoms with E-state index >= 15 is 0 Å². The lowest BCUT2D eigenvalue weighted by Gasteiger charge is -2.43. The van der Waals surface area contributed by atoms with E-state index in [2.05, 4.69) is 62.4 Å². The Hall–Kier alpha value is -2.58. The number of H-pyrrole nitrogens is 1. The van der Waals surface area contributed by atoms with Crippen LogP contribution in [0.2, 0.25) is 0 Å². The van der Waals surface area contributed by atoms with Crippen molar-refractivity contribution < 1.29 is 0 Å². The molecule has 1 aromatic carbocycles. The Morgan fingerprint density at radius 1 is 0.861 bits per heavy atom. The van der Waals surface area contributed by atoms with Gasteiger partial charge >= 0.3 is 0 Å². The number of piperazine rings is 1. The third kappa shape index (κ3) is 4.50. The van der Waals surface area contributed by atoms with Crippen molar-refractivity contribution in [2.45, 2.75) is 89.8 Å². The second-order valence-electron chi connectivity index (χ2n) is 11.3. The summed E-state index contributed by atoms with van der Waals surface area (Å²) in [7, 11) is 0. The Labute approximate surface area is 213 Å². The van der Waals surface area contributed by atoms with E-state index in [1.54, 1.807) is 0 Å².